The van der Waals surface area contributed by atoms with Crippen LogP contribution < -0.4 is 4.90 Å². The highest BCUT2D eigenvalue weighted by atomic mass is 32.1. The number of nitro benzene ring substituents is 1. The fourth-order valence-electron chi connectivity index (χ4n) is 2.92. The number of non-ortho nitro benzene ring substituents is 1. The van der Waals surface area contributed by atoms with E-state index in [-0.39, 0.29) is 18.0 Å². The Morgan fingerprint density at radius 1 is 1.03 bits per heavy atom. The molecule has 0 saturated heterocycles. The lowest BCUT2D eigenvalue weighted by atomic mass is 10.1. The van der Waals surface area contributed by atoms with Crippen LogP contribution in [0.3, 0.4) is 0 Å². The van der Waals surface area contributed by atoms with Crippen molar-refractivity contribution >= 4 is 38.3 Å². The minimum atomic E-state index is -0.457. The first-order valence-electron chi connectivity index (χ1n) is 8.88. The second-order valence-corrected chi connectivity index (χ2v) is 7.41. The van der Waals surface area contributed by atoms with Crippen molar-refractivity contribution < 1.29 is 9.72 Å². The van der Waals surface area contributed by atoms with Gasteiger partial charge in [-0.15, -0.1) is 0 Å². The number of thiazole rings is 1. The highest BCUT2D eigenvalue weighted by Crippen LogP contribution is 2.30. The van der Waals surface area contributed by atoms with Crippen LogP contribution in [-0.2, 0) is 17.8 Å². The Bertz CT molecular complexity index is 1130. The summed E-state index contributed by atoms with van der Waals surface area (Å²) in [6.07, 6.45) is 3.53. The molecule has 1 amide bonds. The largest absolute Gasteiger partial charge is 0.283 e. The van der Waals surface area contributed by atoms with E-state index in [2.05, 4.69) is 9.97 Å². The van der Waals surface area contributed by atoms with Gasteiger partial charge >= 0.3 is 0 Å². The molecule has 0 spiro atoms. The quantitative estimate of drug-likeness (QED) is 0.351. The monoisotopic (exact) mass is 404 g/mol. The van der Waals surface area contributed by atoms with Gasteiger partial charge in [-0.05, 0) is 29.3 Å². The number of rotatable bonds is 6. The van der Waals surface area contributed by atoms with Crippen LogP contribution in [0.1, 0.15) is 11.1 Å². The number of amides is 1. The van der Waals surface area contributed by atoms with Crippen molar-refractivity contribution in [2.75, 3.05) is 4.90 Å². The first-order valence-corrected chi connectivity index (χ1v) is 9.70. The van der Waals surface area contributed by atoms with Crippen molar-refractivity contribution in [3.8, 4) is 0 Å². The number of hydrogen-bond acceptors (Lipinski definition) is 6. The number of para-hydroxylation sites is 1. The molecular formula is C21H16N4O3S. The Morgan fingerprint density at radius 3 is 2.52 bits per heavy atom. The molecule has 144 valence electrons. The minimum Gasteiger partial charge on any atom is -0.283 e. The summed E-state index contributed by atoms with van der Waals surface area (Å²) >= 11 is 1.45. The molecule has 0 aliphatic heterocycles. The molecule has 8 heteroatoms. The number of fused-ring (bicyclic) bond motifs is 1. The van der Waals surface area contributed by atoms with Gasteiger partial charge in [0.2, 0.25) is 5.91 Å². The number of nitrogens with zero attached hydrogens (tertiary/aromatic N) is 4. The third kappa shape index (κ3) is 4.27. The summed E-state index contributed by atoms with van der Waals surface area (Å²) < 4.78 is 1.00. The summed E-state index contributed by atoms with van der Waals surface area (Å²) in [6, 6.07) is 17.5. The lowest BCUT2D eigenvalue weighted by Crippen LogP contribution is -2.31. The molecule has 2 aromatic carbocycles. The molecule has 0 bridgehead atoms. The second kappa shape index (κ2) is 8.15. The van der Waals surface area contributed by atoms with Gasteiger partial charge in [0.15, 0.2) is 5.13 Å². The number of anilines is 1. The molecule has 2 heterocycles. The van der Waals surface area contributed by atoms with E-state index in [1.807, 2.05) is 36.4 Å². The maximum absolute atomic E-state index is 13.2. The van der Waals surface area contributed by atoms with Crippen LogP contribution in [-0.4, -0.2) is 20.8 Å². The predicted octanol–water partition coefficient (Wildman–Crippen LogP) is 4.38. The van der Waals surface area contributed by atoms with Crippen molar-refractivity contribution in [1.29, 1.82) is 0 Å². The van der Waals surface area contributed by atoms with Crippen molar-refractivity contribution in [2.24, 2.45) is 0 Å². The Hall–Kier alpha value is -3.65. The molecule has 4 aromatic rings. The van der Waals surface area contributed by atoms with Gasteiger partial charge in [-0.25, -0.2) is 4.98 Å². The molecule has 0 unspecified atom stereocenters. The molecule has 0 N–H and O–H groups in total. The van der Waals surface area contributed by atoms with E-state index >= 15 is 0 Å². The van der Waals surface area contributed by atoms with Crippen molar-refractivity contribution in [3.05, 3.63) is 94.3 Å². The molecule has 0 atom stereocenters. The summed E-state index contributed by atoms with van der Waals surface area (Å²) in [5, 5.41) is 11.4. The number of hydrogen-bond donors (Lipinski definition) is 0. The third-order valence-electron chi connectivity index (χ3n) is 4.38. The number of aromatic nitrogens is 2. The van der Waals surface area contributed by atoms with E-state index in [1.165, 1.54) is 23.5 Å². The van der Waals surface area contributed by atoms with E-state index in [9.17, 15) is 14.9 Å². The maximum Gasteiger partial charge on any atom is 0.269 e. The second-order valence-electron chi connectivity index (χ2n) is 6.41. The van der Waals surface area contributed by atoms with Crippen LogP contribution in [0.2, 0.25) is 0 Å². The van der Waals surface area contributed by atoms with Crippen LogP contribution in [0.5, 0.6) is 0 Å². The van der Waals surface area contributed by atoms with Crippen LogP contribution in [0.25, 0.3) is 10.2 Å². The highest BCUT2D eigenvalue weighted by Gasteiger charge is 2.21. The first-order chi connectivity index (χ1) is 14.1. The zero-order valence-corrected chi connectivity index (χ0v) is 16.1. The maximum atomic E-state index is 13.2. The lowest BCUT2D eigenvalue weighted by molar-refractivity contribution is -0.384. The Labute approximate surface area is 170 Å². The fraction of sp³-hybridized carbons (Fsp3) is 0.0952. The minimum absolute atomic E-state index is 0.000381. The number of carbonyl (C=O) groups is 1. The molecular weight excluding hydrogens is 388 g/mol. The first kappa shape index (κ1) is 18.7. The van der Waals surface area contributed by atoms with Gasteiger partial charge in [-0.2, -0.15) is 0 Å². The molecule has 29 heavy (non-hydrogen) atoms. The Balaban J connectivity index is 1.63. The van der Waals surface area contributed by atoms with Crippen molar-refractivity contribution in [3.63, 3.8) is 0 Å². The number of carbonyl (C=O) groups excluding carboxylic acids is 1. The average molecular weight is 404 g/mol. The van der Waals surface area contributed by atoms with Crippen LogP contribution >= 0.6 is 11.3 Å². The van der Waals surface area contributed by atoms with E-state index in [4.69, 9.17) is 0 Å². The smallest absolute Gasteiger partial charge is 0.269 e. The molecule has 0 fully saturated rings. The highest BCUT2D eigenvalue weighted by molar-refractivity contribution is 7.22. The summed E-state index contributed by atoms with van der Waals surface area (Å²) in [5.74, 6) is -0.137. The Morgan fingerprint density at radius 2 is 1.83 bits per heavy atom. The van der Waals surface area contributed by atoms with Gasteiger partial charge in [0.1, 0.15) is 0 Å². The van der Waals surface area contributed by atoms with Crippen molar-refractivity contribution in [2.45, 2.75) is 13.0 Å². The van der Waals surface area contributed by atoms with E-state index in [0.717, 1.165) is 15.8 Å². The molecule has 4 rings (SSSR count). The summed E-state index contributed by atoms with van der Waals surface area (Å²) in [4.78, 5) is 33.9. The molecule has 2 aromatic heterocycles. The number of benzene rings is 2. The Kier molecular flexibility index (Phi) is 5.26. The average Bonchev–Trinajstić information content (AvgIpc) is 3.17. The number of nitro groups is 1. The van der Waals surface area contributed by atoms with Gasteiger partial charge in [0.05, 0.1) is 28.1 Å². The molecule has 0 aliphatic carbocycles. The van der Waals surface area contributed by atoms with Gasteiger partial charge in [0, 0.05) is 24.5 Å². The number of pyridine rings is 1. The van der Waals surface area contributed by atoms with Gasteiger partial charge in [-0.3, -0.25) is 24.8 Å². The SMILES string of the molecule is O=C(Cc1ccc([N+](=O)[O-])cc1)N(Cc1cccnc1)c1nc2ccccc2s1. The standard InChI is InChI=1S/C21H16N4O3S/c26-20(12-15-7-9-17(10-8-15)25(27)28)24(14-16-4-3-11-22-13-16)21-23-18-5-1-2-6-19(18)29-21/h1-11,13H,12,14H2. The zero-order chi connectivity index (χ0) is 20.2. The van der Waals surface area contributed by atoms with E-state index < -0.39 is 4.92 Å². The third-order valence-corrected chi connectivity index (χ3v) is 5.44. The zero-order valence-electron chi connectivity index (χ0n) is 15.3. The normalized spacial score (nSPS) is 10.8. The fourth-order valence-corrected chi connectivity index (χ4v) is 3.90. The summed E-state index contributed by atoms with van der Waals surface area (Å²) in [6.45, 7) is 0.347. The molecule has 0 aliphatic rings. The van der Waals surface area contributed by atoms with Gasteiger partial charge in [0.25, 0.3) is 5.69 Å². The van der Waals surface area contributed by atoms with Gasteiger partial charge in [-0.1, -0.05) is 41.7 Å². The lowest BCUT2D eigenvalue weighted by Gasteiger charge is -2.20. The topological polar surface area (TPSA) is 89.2 Å². The van der Waals surface area contributed by atoms with Crippen LogP contribution in [0.4, 0.5) is 10.8 Å². The van der Waals surface area contributed by atoms with Crippen molar-refractivity contribution in [1.82, 2.24) is 9.97 Å². The summed E-state index contributed by atoms with van der Waals surface area (Å²) in [7, 11) is 0. The van der Waals surface area contributed by atoms with Crippen LogP contribution in [0.15, 0.2) is 73.1 Å². The van der Waals surface area contributed by atoms with E-state index in [1.54, 1.807) is 29.4 Å². The molecule has 0 saturated carbocycles. The van der Waals surface area contributed by atoms with Gasteiger partial charge < -0.3 is 0 Å². The molecule has 7 nitrogen and oxygen atoms in total. The van der Waals surface area contributed by atoms with Crippen LogP contribution in [0, 0.1) is 10.1 Å². The van der Waals surface area contributed by atoms with E-state index in [0.29, 0.717) is 17.2 Å². The predicted molar refractivity (Wildman–Crippen MR) is 112 cm³/mol. The summed E-state index contributed by atoms with van der Waals surface area (Å²) in [5.41, 5.74) is 2.44. The molecule has 0 radical (unpaired) electrons.